The summed E-state index contributed by atoms with van der Waals surface area (Å²) in [6.07, 6.45) is 0. The van der Waals surface area contributed by atoms with E-state index in [-0.39, 0.29) is 0 Å². The molecule has 0 bridgehead atoms. The average molecular weight is 342 g/mol. The Morgan fingerprint density at radius 2 is 1.52 bits per heavy atom. The highest BCUT2D eigenvalue weighted by Gasteiger charge is 2.07. The van der Waals surface area contributed by atoms with Crippen molar-refractivity contribution in [1.82, 2.24) is 0 Å². The molecule has 3 heteroatoms. The molecule has 0 aliphatic carbocycles. The van der Waals surface area contributed by atoms with Crippen LogP contribution in [0.1, 0.15) is 11.1 Å². The van der Waals surface area contributed by atoms with E-state index in [4.69, 9.17) is 10.5 Å². The first-order chi connectivity index (χ1) is 10.3. The molecule has 3 aromatic rings. The van der Waals surface area contributed by atoms with Crippen LogP contribution in [-0.2, 0) is 13.2 Å². The van der Waals surface area contributed by atoms with Gasteiger partial charge in [-0.25, -0.2) is 0 Å². The second-order valence-corrected chi connectivity index (χ2v) is 5.71. The van der Waals surface area contributed by atoms with Gasteiger partial charge in [-0.2, -0.15) is 0 Å². The summed E-state index contributed by atoms with van der Waals surface area (Å²) in [7, 11) is 0. The summed E-state index contributed by atoms with van der Waals surface area (Å²) < 4.78 is 7.08. The lowest BCUT2D eigenvalue weighted by atomic mass is 10.0. The Hall–Kier alpha value is -1.84. The second-order valence-electron chi connectivity index (χ2n) is 4.85. The molecule has 0 saturated heterocycles. The van der Waals surface area contributed by atoms with Gasteiger partial charge in [0.05, 0.1) is 0 Å². The van der Waals surface area contributed by atoms with Gasteiger partial charge >= 0.3 is 0 Å². The van der Waals surface area contributed by atoms with Gasteiger partial charge in [0.2, 0.25) is 0 Å². The summed E-state index contributed by atoms with van der Waals surface area (Å²) in [6.45, 7) is 1.07. The zero-order valence-electron chi connectivity index (χ0n) is 11.6. The third-order valence-electron chi connectivity index (χ3n) is 3.54. The average Bonchev–Trinajstić information content (AvgIpc) is 2.54. The standard InChI is InChI=1S/C18H16BrNO/c19-17-8-4-1-5-14(17)12-21-18-10-9-13(11-20)15-6-2-3-7-16(15)18/h1-10H,11-12,20H2. The first-order valence-corrected chi connectivity index (χ1v) is 7.66. The van der Waals surface area contributed by atoms with E-state index in [1.165, 1.54) is 0 Å². The molecule has 0 aromatic heterocycles. The van der Waals surface area contributed by atoms with E-state index >= 15 is 0 Å². The van der Waals surface area contributed by atoms with E-state index in [0.717, 1.165) is 32.1 Å². The number of ether oxygens (including phenoxy) is 1. The van der Waals surface area contributed by atoms with E-state index in [0.29, 0.717) is 13.2 Å². The summed E-state index contributed by atoms with van der Waals surface area (Å²) in [5, 5.41) is 2.26. The molecule has 0 aliphatic heterocycles. The smallest absolute Gasteiger partial charge is 0.127 e. The van der Waals surface area contributed by atoms with E-state index < -0.39 is 0 Å². The third-order valence-corrected chi connectivity index (χ3v) is 4.31. The quantitative estimate of drug-likeness (QED) is 0.750. The summed E-state index contributed by atoms with van der Waals surface area (Å²) >= 11 is 3.55. The molecule has 3 rings (SSSR count). The lowest BCUT2D eigenvalue weighted by Gasteiger charge is -2.12. The molecule has 0 spiro atoms. The monoisotopic (exact) mass is 341 g/mol. The van der Waals surface area contributed by atoms with Crippen LogP contribution in [-0.4, -0.2) is 0 Å². The number of rotatable bonds is 4. The van der Waals surface area contributed by atoms with E-state index in [2.05, 4.69) is 34.1 Å². The minimum atomic E-state index is 0.533. The molecular formula is C18H16BrNO. The van der Waals surface area contributed by atoms with Crippen LogP contribution < -0.4 is 10.5 Å². The Labute approximate surface area is 132 Å². The van der Waals surface area contributed by atoms with Crippen LogP contribution in [0.3, 0.4) is 0 Å². The third kappa shape index (κ3) is 2.94. The van der Waals surface area contributed by atoms with Crippen molar-refractivity contribution in [2.45, 2.75) is 13.2 Å². The highest BCUT2D eigenvalue weighted by molar-refractivity contribution is 9.10. The maximum absolute atomic E-state index is 6.01. The van der Waals surface area contributed by atoms with Gasteiger partial charge in [-0.15, -0.1) is 0 Å². The molecule has 0 atom stereocenters. The minimum Gasteiger partial charge on any atom is -0.488 e. The van der Waals surface area contributed by atoms with Crippen molar-refractivity contribution in [3.63, 3.8) is 0 Å². The topological polar surface area (TPSA) is 35.2 Å². The molecule has 0 amide bonds. The van der Waals surface area contributed by atoms with Gasteiger partial charge in [-0.1, -0.05) is 64.5 Å². The Balaban J connectivity index is 1.93. The fraction of sp³-hybridized carbons (Fsp3) is 0.111. The first kappa shape index (κ1) is 14.1. The van der Waals surface area contributed by atoms with Crippen molar-refractivity contribution in [1.29, 1.82) is 0 Å². The van der Waals surface area contributed by atoms with Crippen LogP contribution in [0.2, 0.25) is 0 Å². The summed E-state index contributed by atoms with van der Waals surface area (Å²) in [4.78, 5) is 0. The zero-order chi connectivity index (χ0) is 14.7. The largest absolute Gasteiger partial charge is 0.488 e. The van der Waals surface area contributed by atoms with Crippen LogP contribution in [0.15, 0.2) is 65.1 Å². The van der Waals surface area contributed by atoms with Crippen LogP contribution in [0.25, 0.3) is 10.8 Å². The van der Waals surface area contributed by atoms with Crippen molar-refractivity contribution < 1.29 is 4.74 Å². The fourth-order valence-corrected chi connectivity index (χ4v) is 2.81. The molecule has 106 valence electrons. The molecule has 2 N–H and O–H groups in total. The minimum absolute atomic E-state index is 0.533. The second kappa shape index (κ2) is 6.29. The fourth-order valence-electron chi connectivity index (χ4n) is 2.41. The highest BCUT2D eigenvalue weighted by Crippen LogP contribution is 2.29. The Bertz CT molecular complexity index is 770. The zero-order valence-corrected chi connectivity index (χ0v) is 13.1. The first-order valence-electron chi connectivity index (χ1n) is 6.86. The van der Waals surface area contributed by atoms with Crippen LogP contribution in [0.5, 0.6) is 5.75 Å². The summed E-state index contributed by atoms with van der Waals surface area (Å²) in [5.41, 5.74) is 8.07. The molecular weight excluding hydrogens is 326 g/mol. The van der Waals surface area contributed by atoms with Crippen LogP contribution in [0, 0.1) is 0 Å². The van der Waals surface area contributed by atoms with Crippen molar-refractivity contribution >= 4 is 26.7 Å². The summed E-state index contributed by atoms with van der Waals surface area (Å²) in [5.74, 6) is 0.888. The number of benzene rings is 3. The van der Waals surface area contributed by atoms with Gasteiger partial charge in [0.25, 0.3) is 0 Å². The molecule has 3 aromatic carbocycles. The maximum atomic E-state index is 6.01. The number of hydrogen-bond donors (Lipinski definition) is 1. The molecule has 0 fully saturated rings. The van der Waals surface area contributed by atoms with Gasteiger partial charge in [-0.3, -0.25) is 0 Å². The van der Waals surface area contributed by atoms with Crippen molar-refractivity contribution in [3.05, 3.63) is 76.3 Å². The predicted molar refractivity (Wildman–Crippen MR) is 90.3 cm³/mol. The van der Waals surface area contributed by atoms with Gasteiger partial charge in [-0.05, 0) is 23.1 Å². The molecule has 21 heavy (non-hydrogen) atoms. The van der Waals surface area contributed by atoms with Gasteiger partial charge in [0.15, 0.2) is 0 Å². The molecule has 0 aliphatic rings. The number of halogens is 1. The maximum Gasteiger partial charge on any atom is 0.127 e. The van der Waals surface area contributed by atoms with Gasteiger partial charge in [0.1, 0.15) is 12.4 Å². The Morgan fingerprint density at radius 3 is 2.29 bits per heavy atom. The molecule has 0 heterocycles. The number of fused-ring (bicyclic) bond motifs is 1. The normalized spacial score (nSPS) is 10.8. The molecule has 0 saturated carbocycles. The van der Waals surface area contributed by atoms with E-state index in [1.54, 1.807) is 0 Å². The van der Waals surface area contributed by atoms with E-state index in [1.807, 2.05) is 42.5 Å². The van der Waals surface area contributed by atoms with E-state index in [9.17, 15) is 0 Å². The SMILES string of the molecule is NCc1ccc(OCc2ccccc2Br)c2ccccc12. The Morgan fingerprint density at radius 1 is 0.810 bits per heavy atom. The van der Waals surface area contributed by atoms with Crippen LogP contribution in [0.4, 0.5) is 0 Å². The lowest BCUT2D eigenvalue weighted by molar-refractivity contribution is 0.309. The number of hydrogen-bond acceptors (Lipinski definition) is 2. The predicted octanol–water partition coefficient (Wildman–Crippen LogP) is 4.64. The van der Waals surface area contributed by atoms with Gasteiger partial charge in [0, 0.05) is 22.0 Å². The van der Waals surface area contributed by atoms with Gasteiger partial charge < -0.3 is 10.5 Å². The number of nitrogens with two attached hydrogens (primary N) is 1. The molecule has 2 nitrogen and oxygen atoms in total. The molecule has 0 unspecified atom stereocenters. The van der Waals surface area contributed by atoms with Crippen molar-refractivity contribution in [2.24, 2.45) is 5.73 Å². The van der Waals surface area contributed by atoms with Crippen LogP contribution >= 0.6 is 15.9 Å². The highest BCUT2D eigenvalue weighted by atomic mass is 79.9. The molecule has 0 radical (unpaired) electrons. The Kier molecular flexibility index (Phi) is 4.23. The van der Waals surface area contributed by atoms with Crippen molar-refractivity contribution in [2.75, 3.05) is 0 Å². The lowest BCUT2D eigenvalue weighted by Crippen LogP contribution is -2.00. The van der Waals surface area contributed by atoms with Crippen molar-refractivity contribution in [3.8, 4) is 5.75 Å². The summed E-state index contributed by atoms with van der Waals surface area (Å²) in [6, 6.07) is 20.3.